The zero-order valence-corrected chi connectivity index (χ0v) is 9.05. The topological polar surface area (TPSA) is 64.4 Å². The van der Waals surface area contributed by atoms with E-state index in [0.29, 0.717) is 0 Å². The summed E-state index contributed by atoms with van der Waals surface area (Å²) in [5.74, 6) is -2.22. The first-order valence-corrected chi connectivity index (χ1v) is 4.82. The van der Waals surface area contributed by atoms with Crippen molar-refractivity contribution in [2.24, 2.45) is 5.73 Å². The van der Waals surface area contributed by atoms with Crippen LogP contribution in [0, 0.1) is 5.82 Å². The molecule has 0 aliphatic carbocycles. The highest BCUT2D eigenvalue weighted by Crippen LogP contribution is 2.27. The first kappa shape index (κ1) is 14.2. The number of nitrogens with one attached hydrogen (secondary N) is 1. The van der Waals surface area contributed by atoms with Crippen molar-refractivity contribution in [1.29, 1.82) is 0 Å². The highest BCUT2D eigenvalue weighted by molar-refractivity contribution is 5.75. The molecule has 0 aliphatic rings. The summed E-state index contributed by atoms with van der Waals surface area (Å²) < 4.78 is 53.2. The summed E-state index contributed by atoms with van der Waals surface area (Å²) in [5, 5.41) is 2.41. The number of carbonyl (C=O) groups excluding carboxylic acids is 1. The fraction of sp³-hybridized carbons (Fsp3) is 0.300. The van der Waals surface area contributed by atoms with E-state index in [1.54, 1.807) is 0 Å². The molecule has 0 spiro atoms. The van der Waals surface area contributed by atoms with Crippen molar-refractivity contribution in [2.75, 3.05) is 6.54 Å². The molecule has 0 unspecified atom stereocenters. The Kier molecular flexibility index (Phi) is 4.49. The lowest BCUT2D eigenvalue weighted by Crippen LogP contribution is -2.29. The lowest BCUT2D eigenvalue weighted by molar-refractivity contribution is -0.275. The predicted molar refractivity (Wildman–Crippen MR) is 54.0 cm³/mol. The summed E-state index contributed by atoms with van der Waals surface area (Å²) in [6, 6.07) is 3.07. The number of ether oxygens (including phenoxy) is 1. The molecule has 1 aromatic rings. The SMILES string of the molecule is NC(=O)CNCc1c(F)cccc1OC(F)(F)F. The highest BCUT2D eigenvalue weighted by atomic mass is 19.4. The number of benzene rings is 1. The Morgan fingerprint density at radius 2 is 2.06 bits per heavy atom. The lowest BCUT2D eigenvalue weighted by atomic mass is 10.2. The van der Waals surface area contributed by atoms with E-state index >= 15 is 0 Å². The second kappa shape index (κ2) is 5.67. The Morgan fingerprint density at radius 1 is 1.39 bits per heavy atom. The van der Waals surface area contributed by atoms with Crippen LogP contribution in [0.3, 0.4) is 0 Å². The zero-order chi connectivity index (χ0) is 13.8. The molecule has 8 heteroatoms. The van der Waals surface area contributed by atoms with Gasteiger partial charge in [-0.3, -0.25) is 4.79 Å². The Hall–Kier alpha value is -1.83. The van der Waals surface area contributed by atoms with E-state index in [1.807, 2.05) is 0 Å². The van der Waals surface area contributed by atoms with Crippen LogP contribution in [0.25, 0.3) is 0 Å². The quantitative estimate of drug-likeness (QED) is 0.789. The Balaban J connectivity index is 2.83. The van der Waals surface area contributed by atoms with Crippen LogP contribution < -0.4 is 15.8 Å². The molecule has 0 saturated heterocycles. The van der Waals surface area contributed by atoms with Gasteiger partial charge >= 0.3 is 6.36 Å². The summed E-state index contributed by atoms with van der Waals surface area (Å²) in [6.07, 6.45) is -4.91. The number of hydrogen-bond donors (Lipinski definition) is 2. The summed E-state index contributed by atoms with van der Waals surface area (Å²) in [6.45, 7) is -0.583. The van der Waals surface area contributed by atoms with Crippen molar-refractivity contribution < 1.29 is 27.1 Å². The number of carbonyl (C=O) groups is 1. The van der Waals surface area contributed by atoms with Crippen LogP contribution in [-0.4, -0.2) is 18.8 Å². The fourth-order valence-corrected chi connectivity index (χ4v) is 1.24. The summed E-state index contributed by atoms with van der Waals surface area (Å²) >= 11 is 0. The third-order valence-electron chi connectivity index (χ3n) is 1.90. The largest absolute Gasteiger partial charge is 0.573 e. The van der Waals surface area contributed by atoms with E-state index in [-0.39, 0.29) is 18.7 Å². The number of primary amides is 1. The average molecular weight is 266 g/mol. The maximum absolute atomic E-state index is 13.3. The van der Waals surface area contributed by atoms with E-state index in [1.165, 1.54) is 0 Å². The molecular weight excluding hydrogens is 256 g/mol. The molecule has 4 nitrogen and oxygen atoms in total. The molecule has 0 saturated carbocycles. The van der Waals surface area contributed by atoms with Crippen molar-refractivity contribution in [3.8, 4) is 5.75 Å². The molecule has 0 aliphatic heterocycles. The molecule has 1 rings (SSSR count). The molecule has 0 heterocycles. The molecule has 0 atom stereocenters. The van der Waals surface area contributed by atoms with Gasteiger partial charge in [-0.25, -0.2) is 4.39 Å². The Labute approximate surface area is 99.7 Å². The van der Waals surface area contributed by atoms with Gasteiger partial charge in [0.15, 0.2) is 0 Å². The highest BCUT2D eigenvalue weighted by Gasteiger charge is 2.32. The van der Waals surface area contributed by atoms with Crippen LogP contribution in [0.1, 0.15) is 5.56 Å². The lowest BCUT2D eigenvalue weighted by Gasteiger charge is -2.14. The molecule has 3 N–H and O–H groups in total. The minimum Gasteiger partial charge on any atom is -0.405 e. The molecule has 0 aromatic heterocycles. The second-order valence-corrected chi connectivity index (χ2v) is 3.33. The van der Waals surface area contributed by atoms with Gasteiger partial charge in [0, 0.05) is 12.1 Å². The fourth-order valence-electron chi connectivity index (χ4n) is 1.24. The van der Waals surface area contributed by atoms with E-state index < -0.39 is 23.8 Å². The Morgan fingerprint density at radius 3 is 2.61 bits per heavy atom. The van der Waals surface area contributed by atoms with Crippen molar-refractivity contribution in [2.45, 2.75) is 12.9 Å². The third kappa shape index (κ3) is 4.58. The van der Waals surface area contributed by atoms with Crippen LogP contribution in [-0.2, 0) is 11.3 Å². The summed E-state index contributed by atoms with van der Waals surface area (Å²) in [5.41, 5.74) is 4.50. The van der Waals surface area contributed by atoms with Crippen molar-refractivity contribution in [3.63, 3.8) is 0 Å². The average Bonchev–Trinajstić information content (AvgIpc) is 2.19. The van der Waals surface area contributed by atoms with Crippen molar-refractivity contribution in [1.82, 2.24) is 5.32 Å². The van der Waals surface area contributed by atoms with Gasteiger partial charge in [-0.05, 0) is 12.1 Å². The molecule has 0 radical (unpaired) electrons. The smallest absolute Gasteiger partial charge is 0.405 e. The van der Waals surface area contributed by atoms with E-state index in [0.717, 1.165) is 18.2 Å². The first-order valence-electron chi connectivity index (χ1n) is 4.82. The molecule has 100 valence electrons. The molecule has 1 aromatic carbocycles. The van der Waals surface area contributed by atoms with Crippen LogP contribution in [0.15, 0.2) is 18.2 Å². The van der Waals surface area contributed by atoms with E-state index in [2.05, 4.69) is 10.1 Å². The van der Waals surface area contributed by atoms with Crippen LogP contribution in [0.2, 0.25) is 0 Å². The minimum atomic E-state index is -4.91. The standard InChI is InChI=1S/C10H10F4N2O2/c11-7-2-1-3-8(18-10(12,13)14)6(7)4-16-5-9(15)17/h1-3,16H,4-5H2,(H2,15,17). The number of amides is 1. The zero-order valence-electron chi connectivity index (χ0n) is 9.05. The van der Waals surface area contributed by atoms with Crippen LogP contribution in [0.4, 0.5) is 17.6 Å². The van der Waals surface area contributed by atoms with Gasteiger partial charge < -0.3 is 15.8 Å². The number of halogens is 4. The molecule has 0 bridgehead atoms. The minimum absolute atomic E-state index is 0.278. The van der Waals surface area contributed by atoms with Gasteiger partial charge in [-0.2, -0.15) is 0 Å². The Bertz CT molecular complexity index is 434. The summed E-state index contributed by atoms with van der Waals surface area (Å²) in [7, 11) is 0. The normalized spacial score (nSPS) is 11.3. The van der Waals surface area contributed by atoms with Crippen LogP contribution >= 0.6 is 0 Å². The van der Waals surface area contributed by atoms with Gasteiger partial charge in [-0.15, -0.1) is 13.2 Å². The van der Waals surface area contributed by atoms with Crippen molar-refractivity contribution in [3.05, 3.63) is 29.6 Å². The molecule has 0 fully saturated rings. The number of hydrogen-bond acceptors (Lipinski definition) is 3. The van der Waals surface area contributed by atoms with Gasteiger partial charge in [0.05, 0.1) is 6.54 Å². The van der Waals surface area contributed by atoms with Gasteiger partial charge in [-0.1, -0.05) is 6.07 Å². The molecular formula is C10H10F4N2O2. The molecule has 18 heavy (non-hydrogen) atoms. The van der Waals surface area contributed by atoms with Gasteiger partial charge in [0.1, 0.15) is 11.6 Å². The van der Waals surface area contributed by atoms with Crippen LogP contribution in [0.5, 0.6) is 5.75 Å². The first-order chi connectivity index (χ1) is 8.29. The van der Waals surface area contributed by atoms with Crippen molar-refractivity contribution >= 4 is 5.91 Å². The number of rotatable bonds is 5. The maximum Gasteiger partial charge on any atom is 0.573 e. The van der Waals surface area contributed by atoms with E-state index in [4.69, 9.17) is 5.73 Å². The monoisotopic (exact) mass is 266 g/mol. The van der Waals surface area contributed by atoms with Gasteiger partial charge in [0.25, 0.3) is 0 Å². The maximum atomic E-state index is 13.3. The third-order valence-corrected chi connectivity index (χ3v) is 1.90. The summed E-state index contributed by atoms with van der Waals surface area (Å²) in [4.78, 5) is 10.4. The molecule has 1 amide bonds. The number of nitrogens with two attached hydrogens (primary N) is 1. The predicted octanol–water partition coefficient (Wildman–Crippen LogP) is 1.30. The number of alkyl halides is 3. The second-order valence-electron chi connectivity index (χ2n) is 3.33. The van der Waals surface area contributed by atoms with Gasteiger partial charge in [0.2, 0.25) is 5.91 Å². The van der Waals surface area contributed by atoms with E-state index in [9.17, 15) is 22.4 Å².